The fourth-order valence-electron chi connectivity index (χ4n) is 1.94. The van der Waals surface area contributed by atoms with Gasteiger partial charge in [-0.1, -0.05) is 22.9 Å². The molecular weight excluding hydrogens is 372 g/mol. The number of rotatable bonds is 5. The third-order valence-electron chi connectivity index (χ3n) is 3.13. The number of hydrogen-bond acceptors (Lipinski definition) is 1. The van der Waals surface area contributed by atoms with Crippen molar-refractivity contribution < 1.29 is 4.79 Å². The quantitative estimate of drug-likeness (QED) is 0.765. The van der Waals surface area contributed by atoms with E-state index in [0.717, 1.165) is 34.1 Å². The maximum Gasteiger partial charge on any atom is 0.321 e. The molecule has 0 spiro atoms. The van der Waals surface area contributed by atoms with Crippen molar-refractivity contribution in [3.8, 4) is 0 Å². The lowest BCUT2D eigenvalue weighted by Gasteiger charge is -2.22. The second-order valence-electron chi connectivity index (χ2n) is 4.94. The zero-order valence-electron chi connectivity index (χ0n) is 11.0. The van der Waals surface area contributed by atoms with Gasteiger partial charge in [-0.25, -0.2) is 4.79 Å². The molecule has 0 atom stereocenters. The van der Waals surface area contributed by atoms with Gasteiger partial charge in [-0.05, 0) is 59.3 Å². The average Bonchev–Trinajstić information content (AvgIpc) is 3.16. The zero-order chi connectivity index (χ0) is 13.8. The summed E-state index contributed by atoms with van der Waals surface area (Å²) in [4.78, 5) is 14.2. The van der Waals surface area contributed by atoms with E-state index in [1.54, 1.807) is 0 Å². The molecule has 1 aromatic rings. The third-order valence-corrected chi connectivity index (χ3v) is 4.28. The van der Waals surface area contributed by atoms with E-state index in [9.17, 15) is 4.79 Å². The predicted molar refractivity (Wildman–Crippen MR) is 85.4 cm³/mol. The maximum absolute atomic E-state index is 12.3. The predicted octanol–water partition coefficient (Wildman–Crippen LogP) is 4.87. The van der Waals surface area contributed by atoms with E-state index >= 15 is 0 Å². The number of nitrogens with one attached hydrogen (secondary N) is 1. The molecule has 2 amide bonds. The number of hydrogen-bond donors (Lipinski definition) is 1. The minimum Gasteiger partial charge on any atom is -0.324 e. The summed E-state index contributed by atoms with van der Waals surface area (Å²) in [6, 6.07) is 5.75. The fraction of sp³-hybridized carbons (Fsp3) is 0.500. The Morgan fingerprint density at radius 2 is 2.16 bits per heavy atom. The zero-order valence-corrected chi connectivity index (χ0v) is 14.1. The number of carbonyl (C=O) groups excluding carboxylic acids is 1. The highest BCUT2D eigenvalue weighted by molar-refractivity contribution is 9.11. The minimum atomic E-state index is -0.00299. The van der Waals surface area contributed by atoms with Gasteiger partial charge in [-0.2, -0.15) is 0 Å². The van der Waals surface area contributed by atoms with E-state index in [4.69, 9.17) is 0 Å². The van der Waals surface area contributed by atoms with Gasteiger partial charge in [0.15, 0.2) is 0 Å². The van der Waals surface area contributed by atoms with Crippen LogP contribution in [0.1, 0.15) is 26.2 Å². The molecule has 19 heavy (non-hydrogen) atoms. The molecule has 0 bridgehead atoms. The lowest BCUT2D eigenvalue weighted by atomic mass is 10.3. The molecule has 5 heteroatoms. The van der Waals surface area contributed by atoms with Gasteiger partial charge >= 0.3 is 6.03 Å². The average molecular weight is 390 g/mol. The SMILES string of the molecule is CCCN(CC1CC1)C(=O)Nc1ccc(Br)cc1Br. The van der Waals surface area contributed by atoms with Crippen LogP contribution >= 0.6 is 31.9 Å². The van der Waals surface area contributed by atoms with E-state index in [0.29, 0.717) is 5.92 Å². The van der Waals surface area contributed by atoms with Crippen molar-refractivity contribution in [2.75, 3.05) is 18.4 Å². The Morgan fingerprint density at radius 1 is 1.42 bits per heavy atom. The molecule has 3 nitrogen and oxygen atoms in total. The highest BCUT2D eigenvalue weighted by Gasteiger charge is 2.26. The summed E-state index contributed by atoms with van der Waals surface area (Å²) in [7, 11) is 0. The molecule has 0 radical (unpaired) electrons. The monoisotopic (exact) mass is 388 g/mol. The van der Waals surface area contributed by atoms with Crippen molar-refractivity contribution >= 4 is 43.6 Å². The second kappa shape index (κ2) is 6.75. The molecule has 1 N–H and O–H groups in total. The van der Waals surface area contributed by atoms with Crippen molar-refractivity contribution in [1.29, 1.82) is 0 Å². The largest absolute Gasteiger partial charge is 0.324 e. The first kappa shape index (κ1) is 14.9. The Balaban J connectivity index is 2.00. The molecule has 0 aliphatic heterocycles. The Kier molecular flexibility index (Phi) is 5.28. The number of urea groups is 1. The highest BCUT2D eigenvalue weighted by atomic mass is 79.9. The van der Waals surface area contributed by atoms with Crippen molar-refractivity contribution in [2.45, 2.75) is 26.2 Å². The number of halogens is 2. The molecule has 0 aromatic heterocycles. The molecular formula is C14H18Br2N2O. The first-order valence-electron chi connectivity index (χ1n) is 6.61. The summed E-state index contributed by atoms with van der Waals surface area (Å²) in [5.74, 6) is 0.714. The highest BCUT2D eigenvalue weighted by Crippen LogP contribution is 2.30. The van der Waals surface area contributed by atoms with E-state index in [-0.39, 0.29) is 6.03 Å². The number of amides is 2. The van der Waals surface area contributed by atoms with Crippen molar-refractivity contribution in [3.05, 3.63) is 27.1 Å². The molecule has 1 aromatic carbocycles. The van der Waals surface area contributed by atoms with Gasteiger partial charge in [0.05, 0.1) is 5.69 Å². The van der Waals surface area contributed by atoms with Crippen LogP contribution in [0.2, 0.25) is 0 Å². The van der Waals surface area contributed by atoms with Crippen LogP contribution in [0.3, 0.4) is 0 Å². The molecule has 0 heterocycles. The van der Waals surface area contributed by atoms with Crippen LogP contribution in [0, 0.1) is 5.92 Å². The van der Waals surface area contributed by atoms with Crippen LogP contribution in [0.4, 0.5) is 10.5 Å². The van der Waals surface area contributed by atoms with Crippen molar-refractivity contribution in [1.82, 2.24) is 4.90 Å². The molecule has 2 rings (SSSR count). The second-order valence-corrected chi connectivity index (χ2v) is 6.71. The van der Waals surface area contributed by atoms with Crippen LogP contribution in [-0.2, 0) is 0 Å². The number of benzene rings is 1. The van der Waals surface area contributed by atoms with E-state index in [2.05, 4.69) is 44.1 Å². The Labute approximate surface area is 131 Å². The minimum absolute atomic E-state index is 0.00299. The van der Waals surface area contributed by atoms with E-state index in [1.807, 2.05) is 23.1 Å². The van der Waals surface area contributed by atoms with Crippen molar-refractivity contribution in [3.63, 3.8) is 0 Å². The summed E-state index contributed by atoms with van der Waals surface area (Å²) in [5, 5.41) is 2.97. The number of nitrogens with zero attached hydrogens (tertiary/aromatic N) is 1. The number of carbonyl (C=O) groups is 1. The van der Waals surface area contributed by atoms with E-state index < -0.39 is 0 Å². The first-order valence-corrected chi connectivity index (χ1v) is 8.19. The summed E-state index contributed by atoms with van der Waals surface area (Å²) in [5.41, 5.74) is 0.810. The molecule has 1 aliphatic carbocycles. The van der Waals surface area contributed by atoms with Crippen LogP contribution in [0.5, 0.6) is 0 Å². The molecule has 1 fully saturated rings. The van der Waals surface area contributed by atoms with Gasteiger partial charge in [0, 0.05) is 22.0 Å². The molecule has 1 saturated carbocycles. The first-order chi connectivity index (χ1) is 9.10. The third kappa shape index (κ3) is 4.49. The van der Waals surface area contributed by atoms with Gasteiger partial charge in [0.25, 0.3) is 0 Å². The normalized spacial score (nSPS) is 14.3. The molecule has 104 valence electrons. The summed E-state index contributed by atoms with van der Waals surface area (Å²) in [6.45, 7) is 3.80. The Bertz CT molecular complexity index is 461. The van der Waals surface area contributed by atoms with Crippen molar-refractivity contribution in [2.24, 2.45) is 5.92 Å². The van der Waals surface area contributed by atoms with Gasteiger partial charge in [-0.15, -0.1) is 0 Å². The Morgan fingerprint density at radius 3 is 2.74 bits per heavy atom. The van der Waals surface area contributed by atoms with Gasteiger partial charge < -0.3 is 10.2 Å². The van der Waals surface area contributed by atoms with Crippen LogP contribution in [-0.4, -0.2) is 24.0 Å². The van der Waals surface area contributed by atoms with Crippen LogP contribution in [0.15, 0.2) is 27.1 Å². The summed E-state index contributed by atoms with van der Waals surface area (Å²) in [6.07, 6.45) is 3.51. The lowest BCUT2D eigenvalue weighted by molar-refractivity contribution is 0.209. The maximum atomic E-state index is 12.3. The van der Waals surface area contributed by atoms with Crippen LogP contribution in [0.25, 0.3) is 0 Å². The fourth-order valence-corrected chi connectivity index (χ4v) is 3.09. The molecule has 0 unspecified atom stereocenters. The topological polar surface area (TPSA) is 32.3 Å². The summed E-state index contributed by atoms with van der Waals surface area (Å²) >= 11 is 6.87. The van der Waals surface area contributed by atoms with Crippen LogP contribution < -0.4 is 5.32 Å². The van der Waals surface area contributed by atoms with Gasteiger partial charge in [0.1, 0.15) is 0 Å². The molecule has 1 aliphatic rings. The van der Waals surface area contributed by atoms with Gasteiger partial charge in [0.2, 0.25) is 0 Å². The van der Waals surface area contributed by atoms with E-state index in [1.165, 1.54) is 12.8 Å². The van der Waals surface area contributed by atoms with Gasteiger partial charge in [-0.3, -0.25) is 0 Å². The molecule has 0 saturated heterocycles. The smallest absolute Gasteiger partial charge is 0.321 e. The number of anilines is 1. The lowest BCUT2D eigenvalue weighted by Crippen LogP contribution is -2.37. The standard InChI is InChI=1S/C14H18Br2N2O/c1-2-7-18(9-10-3-4-10)14(19)17-13-6-5-11(15)8-12(13)16/h5-6,8,10H,2-4,7,9H2,1H3,(H,17,19). The Hall–Kier alpha value is -0.550. The summed E-state index contributed by atoms with van der Waals surface area (Å²) < 4.78 is 1.87.